The van der Waals surface area contributed by atoms with Crippen LogP contribution in [0.2, 0.25) is 0 Å². The van der Waals surface area contributed by atoms with Crippen LogP contribution in [-0.4, -0.2) is 13.3 Å². The molecule has 0 aliphatic heterocycles. The van der Waals surface area contributed by atoms with Crippen molar-refractivity contribution in [2.75, 3.05) is 17.0 Å². The van der Waals surface area contributed by atoms with E-state index in [0.717, 1.165) is 35.5 Å². The molecule has 0 bridgehead atoms. The molecule has 5 aromatic carbocycles. The van der Waals surface area contributed by atoms with E-state index in [2.05, 4.69) is 107 Å². The van der Waals surface area contributed by atoms with Gasteiger partial charge in [0, 0.05) is 23.8 Å². The van der Waals surface area contributed by atoms with Crippen molar-refractivity contribution in [3.05, 3.63) is 132 Å². The summed E-state index contributed by atoms with van der Waals surface area (Å²) in [5.74, 6) is 0. The van der Waals surface area contributed by atoms with Crippen LogP contribution in [0.5, 0.6) is 0 Å². The van der Waals surface area contributed by atoms with Crippen LogP contribution in [0.15, 0.2) is 120 Å². The first-order valence-corrected chi connectivity index (χ1v) is 12.1. The van der Waals surface area contributed by atoms with Crippen LogP contribution in [0.3, 0.4) is 0 Å². The summed E-state index contributed by atoms with van der Waals surface area (Å²) in [5.41, 5.74) is 8.53. The van der Waals surface area contributed by atoms with E-state index in [1.807, 2.05) is 36.5 Å². The lowest BCUT2D eigenvalue weighted by Crippen LogP contribution is -2.11. The van der Waals surface area contributed by atoms with Gasteiger partial charge in [0.15, 0.2) is 0 Å². The van der Waals surface area contributed by atoms with Crippen LogP contribution in [0.4, 0.5) is 22.7 Å². The van der Waals surface area contributed by atoms with Crippen molar-refractivity contribution >= 4 is 39.7 Å². The highest BCUT2D eigenvalue weighted by molar-refractivity contribution is 6.03. The first-order chi connectivity index (χ1) is 17.3. The zero-order valence-corrected chi connectivity index (χ0v) is 19.8. The molecule has 0 unspecified atom stereocenters. The standard InChI is InChI=1S/C32H27N3/c1-34(27-10-4-2-5-11-27)33-23-24-15-20-29(21-16-24)35(28-12-6-3-7-13-28)31-22-19-26-18-17-25-9-8-14-30(31)32(25)26/h2-16,19-23H,17-18H2,1H3. The van der Waals surface area contributed by atoms with Gasteiger partial charge in [-0.3, -0.25) is 5.01 Å². The average Bonchev–Trinajstić information content (AvgIpc) is 3.35. The molecule has 0 saturated heterocycles. The lowest BCUT2D eigenvalue weighted by Gasteiger charge is -2.27. The number of anilines is 4. The molecule has 1 aliphatic carbocycles. The number of hydrogen-bond donors (Lipinski definition) is 0. The molecule has 170 valence electrons. The second kappa shape index (κ2) is 9.11. The van der Waals surface area contributed by atoms with E-state index in [-0.39, 0.29) is 0 Å². The summed E-state index contributed by atoms with van der Waals surface area (Å²) in [4.78, 5) is 2.36. The van der Waals surface area contributed by atoms with Crippen LogP contribution in [0.1, 0.15) is 16.7 Å². The van der Waals surface area contributed by atoms with Gasteiger partial charge in [-0.25, -0.2) is 0 Å². The maximum absolute atomic E-state index is 4.62. The number of nitrogens with zero attached hydrogens (tertiary/aromatic N) is 3. The first kappa shape index (κ1) is 21.2. The fraction of sp³-hybridized carbons (Fsp3) is 0.0938. The molecule has 0 aromatic heterocycles. The van der Waals surface area contributed by atoms with E-state index < -0.39 is 0 Å². The van der Waals surface area contributed by atoms with Crippen LogP contribution in [-0.2, 0) is 12.8 Å². The molecule has 0 saturated carbocycles. The van der Waals surface area contributed by atoms with Gasteiger partial charge < -0.3 is 4.90 Å². The number of benzene rings is 5. The lowest BCUT2D eigenvalue weighted by molar-refractivity contribution is 1.02. The van der Waals surface area contributed by atoms with Gasteiger partial charge in [-0.2, -0.15) is 5.10 Å². The highest BCUT2D eigenvalue weighted by atomic mass is 15.4. The quantitative estimate of drug-likeness (QED) is 0.192. The third-order valence-electron chi connectivity index (χ3n) is 6.77. The minimum Gasteiger partial charge on any atom is -0.310 e. The second-order valence-electron chi connectivity index (χ2n) is 8.95. The Morgan fingerprint density at radius 2 is 1.23 bits per heavy atom. The van der Waals surface area contributed by atoms with Gasteiger partial charge in [-0.15, -0.1) is 0 Å². The van der Waals surface area contributed by atoms with E-state index >= 15 is 0 Å². The minimum atomic E-state index is 1.06. The largest absolute Gasteiger partial charge is 0.310 e. The molecule has 0 radical (unpaired) electrons. The monoisotopic (exact) mass is 453 g/mol. The number of para-hydroxylation sites is 2. The number of rotatable bonds is 6. The average molecular weight is 454 g/mol. The maximum Gasteiger partial charge on any atom is 0.0590 e. The van der Waals surface area contributed by atoms with Crippen LogP contribution in [0.25, 0.3) is 10.8 Å². The van der Waals surface area contributed by atoms with Crippen molar-refractivity contribution in [2.45, 2.75) is 12.8 Å². The highest BCUT2D eigenvalue weighted by Crippen LogP contribution is 2.42. The molecule has 0 amide bonds. The molecular weight excluding hydrogens is 426 g/mol. The first-order valence-electron chi connectivity index (χ1n) is 12.1. The molecule has 3 nitrogen and oxygen atoms in total. The van der Waals surface area contributed by atoms with Crippen molar-refractivity contribution in [3.63, 3.8) is 0 Å². The van der Waals surface area contributed by atoms with Crippen molar-refractivity contribution in [2.24, 2.45) is 5.10 Å². The van der Waals surface area contributed by atoms with Crippen molar-refractivity contribution in [1.82, 2.24) is 0 Å². The SMILES string of the molecule is CN(N=Cc1ccc(N(c2ccccc2)c2ccc3c4c(cccc24)CC3)cc1)c1ccccc1. The van der Waals surface area contributed by atoms with Gasteiger partial charge in [-0.05, 0) is 77.4 Å². The van der Waals surface area contributed by atoms with E-state index in [1.54, 1.807) is 0 Å². The van der Waals surface area contributed by atoms with E-state index in [4.69, 9.17) is 0 Å². The molecule has 5 aromatic rings. The third-order valence-corrected chi connectivity index (χ3v) is 6.77. The number of hydrazone groups is 1. The minimum absolute atomic E-state index is 1.06. The Kier molecular flexibility index (Phi) is 5.51. The molecule has 0 N–H and O–H groups in total. The van der Waals surface area contributed by atoms with Crippen molar-refractivity contribution < 1.29 is 0 Å². The lowest BCUT2D eigenvalue weighted by atomic mass is 10.0. The molecule has 0 atom stereocenters. The van der Waals surface area contributed by atoms with Crippen molar-refractivity contribution in [1.29, 1.82) is 0 Å². The molecule has 6 rings (SSSR count). The second-order valence-corrected chi connectivity index (χ2v) is 8.95. The van der Waals surface area contributed by atoms with Gasteiger partial charge in [0.05, 0.1) is 17.6 Å². The Morgan fingerprint density at radius 1 is 0.600 bits per heavy atom. The Labute approximate surface area is 206 Å². The maximum atomic E-state index is 4.62. The van der Waals surface area contributed by atoms with Crippen LogP contribution >= 0.6 is 0 Å². The van der Waals surface area contributed by atoms with Gasteiger partial charge in [0.25, 0.3) is 0 Å². The third kappa shape index (κ3) is 4.06. The molecule has 0 heterocycles. The predicted octanol–water partition coefficient (Wildman–Crippen LogP) is 7.88. The van der Waals surface area contributed by atoms with Crippen LogP contribution < -0.4 is 9.91 Å². The van der Waals surface area contributed by atoms with Gasteiger partial charge >= 0.3 is 0 Å². The Balaban J connectivity index is 1.38. The fourth-order valence-electron chi connectivity index (χ4n) is 5.00. The normalized spacial score (nSPS) is 12.4. The molecule has 0 spiro atoms. The summed E-state index contributed by atoms with van der Waals surface area (Å²) in [6, 6.07) is 40.7. The van der Waals surface area contributed by atoms with E-state index in [9.17, 15) is 0 Å². The van der Waals surface area contributed by atoms with Crippen molar-refractivity contribution in [3.8, 4) is 0 Å². The fourth-order valence-corrected chi connectivity index (χ4v) is 5.00. The molecule has 0 fully saturated rings. The number of hydrogen-bond acceptors (Lipinski definition) is 3. The summed E-state index contributed by atoms with van der Waals surface area (Å²) < 4.78 is 0. The van der Waals surface area contributed by atoms with Crippen LogP contribution in [0, 0.1) is 0 Å². The zero-order chi connectivity index (χ0) is 23.6. The topological polar surface area (TPSA) is 18.8 Å². The van der Waals surface area contributed by atoms with Gasteiger partial charge in [0.1, 0.15) is 0 Å². The number of aryl methyl sites for hydroxylation is 2. The van der Waals surface area contributed by atoms with Gasteiger partial charge in [0.2, 0.25) is 0 Å². The zero-order valence-electron chi connectivity index (χ0n) is 19.8. The smallest absolute Gasteiger partial charge is 0.0590 e. The Morgan fingerprint density at radius 3 is 1.94 bits per heavy atom. The molecule has 3 heteroatoms. The summed E-state index contributed by atoms with van der Waals surface area (Å²) in [5, 5.41) is 9.25. The van der Waals surface area contributed by atoms with E-state index in [1.165, 1.54) is 27.6 Å². The Hall–Kier alpha value is -4.37. The Bertz CT molecular complexity index is 1480. The van der Waals surface area contributed by atoms with Gasteiger partial charge in [-0.1, -0.05) is 72.8 Å². The molecular formula is C32H27N3. The van der Waals surface area contributed by atoms with E-state index in [0.29, 0.717) is 0 Å². The highest BCUT2D eigenvalue weighted by Gasteiger charge is 2.20. The summed E-state index contributed by atoms with van der Waals surface area (Å²) in [7, 11) is 1.97. The molecule has 35 heavy (non-hydrogen) atoms. The molecule has 1 aliphatic rings. The predicted molar refractivity (Wildman–Crippen MR) is 148 cm³/mol. The summed E-state index contributed by atoms with van der Waals surface area (Å²) in [6.45, 7) is 0. The summed E-state index contributed by atoms with van der Waals surface area (Å²) in [6.07, 6.45) is 4.17. The summed E-state index contributed by atoms with van der Waals surface area (Å²) >= 11 is 0.